The van der Waals surface area contributed by atoms with Crippen LogP contribution in [0.25, 0.3) is 0 Å². The highest BCUT2D eigenvalue weighted by atomic mass is 16.3. The number of carbonyl (C=O) groups is 1. The van der Waals surface area contributed by atoms with Gasteiger partial charge in [0.15, 0.2) is 0 Å². The standard InChI is InChI=1S/C17H26N2O2/c1-4-8-18-15-10-12(2)5-6-14(15)17(21)19-9-7-13(3)16(19)11-20/h5-6,10,13,16,18,20H,4,7-9,11H2,1-3H3. The van der Waals surface area contributed by atoms with Crippen LogP contribution in [0.1, 0.15) is 42.6 Å². The summed E-state index contributed by atoms with van der Waals surface area (Å²) in [5.74, 6) is 0.383. The van der Waals surface area contributed by atoms with E-state index in [1.807, 2.05) is 30.0 Å². The van der Waals surface area contributed by atoms with Gasteiger partial charge in [-0.15, -0.1) is 0 Å². The Bertz CT molecular complexity index is 502. The van der Waals surface area contributed by atoms with E-state index in [4.69, 9.17) is 0 Å². The highest BCUT2D eigenvalue weighted by molar-refractivity contribution is 6.00. The number of benzene rings is 1. The third kappa shape index (κ3) is 3.38. The van der Waals surface area contributed by atoms with Gasteiger partial charge in [0.2, 0.25) is 0 Å². The number of aliphatic hydroxyl groups is 1. The lowest BCUT2D eigenvalue weighted by atomic mass is 10.0. The van der Waals surface area contributed by atoms with Crippen molar-refractivity contribution in [2.75, 3.05) is 25.0 Å². The fraction of sp³-hybridized carbons (Fsp3) is 0.588. The van der Waals surface area contributed by atoms with Crippen molar-refractivity contribution in [2.45, 2.75) is 39.7 Å². The van der Waals surface area contributed by atoms with Gasteiger partial charge in [-0.1, -0.05) is 19.9 Å². The Labute approximate surface area is 127 Å². The molecule has 0 spiro atoms. The fourth-order valence-corrected chi connectivity index (χ4v) is 2.94. The molecule has 2 rings (SSSR count). The predicted molar refractivity (Wildman–Crippen MR) is 85.7 cm³/mol. The Hall–Kier alpha value is -1.55. The van der Waals surface area contributed by atoms with Crippen molar-refractivity contribution in [3.63, 3.8) is 0 Å². The molecule has 2 unspecified atom stereocenters. The first kappa shape index (κ1) is 15.8. The average Bonchev–Trinajstić information content (AvgIpc) is 2.85. The van der Waals surface area contributed by atoms with E-state index in [2.05, 4.69) is 19.2 Å². The van der Waals surface area contributed by atoms with Crippen molar-refractivity contribution in [3.8, 4) is 0 Å². The lowest BCUT2D eigenvalue weighted by molar-refractivity contribution is 0.0649. The van der Waals surface area contributed by atoms with Crippen LogP contribution in [0.5, 0.6) is 0 Å². The number of amides is 1. The van der Waals surface area contributed by atoms with Crippen molar-refractivity contribution in [1.29, 1.82) is 0 Å². The molecule has 1 heterocycles. The van der Waals surface area contributed by atoms with Crippen LogP contribution in [0.15, 0.2) is 18.2 Å². The molecule has 1 saturated heterocycles. The number of carbonyl (C=O) groups excluding carboxylic acids is 1. The van der Waals surface area contributed by atoms with Gasteiger partial charge in [0, 0.05) is 18.8 Å². The fourth-order valence-electron chi connectivity index (χ4n) is 2.94. The lowest BCUT2D eigenvalue weighted by Crippen LogP contribution is -2.40. The number of rotatable bonds is 5. The predicted octanol–water partition coefficient (Wildman–Crippen LogP) is 2.66. The van der Waals surface area contributed by atoms with Gasteiger partial charge in [0.25, 0.3) is 5.91 Å². The minimum atomic E-state index is -0.0576. The number of aryl methyl sites for hydroxylation is 1. The molecule has 21 heavy (non-hydrogen) atoms. The zero-order chi connectivity index (χ0) is 15.4. The number of hydrogen-bond donors (Lipinski definition) is 2. The van der Waals surface area contributed by atoms with Gasteiger partial charge < -0.3 is 15.3 Å². The topological polar surface area (TPSA) is 52.6 Å². The van der Waals surface area contributed by atoms with Crippen LogP contribution in [0, 0.1) is 12.8 Å². The van der Waals surface area contributed by atoms with Crippen LogP contribution in [0.2, 0.25) is 0 Å². The quantitative estimate of drug-likeness (QED) is 0.876. The summed E-state index contributed by atoms with van der Waals surface area (Å²) in [6, 6.07) is 5.83. The summed E-state index contributed by atoms with van der Waals surface area (Å²) in [7, 11) is 0. The van der Waals surface area contributed by atoms with Crippen LogP contribution in [-0.2, 0) is 0 Å². The second-order valence-corrected chi connectivity index (χ2v) is 5.99. The van der Waals surface area contributed by atoms with Gasteiger partial charge in [0.1, 0.15) is 0 Å². The number of aliphatic hydroxyl groups excluding tert-OH is 1. The van der Waals surface area contributed by atoms with Crippen molar-refractivity contribution >= 4 is 11.6 Å². The second kappa shape index (κ2) is 6.94. The zero-order valence-electron chi connectivity index (χ0n) is 13.2. The Morgan fingerprint density at radius 1 is 1.48 bits per heavy atom. The van der Waals surface area contributed by atoms with Crippen LogP contribution in [0.3, 0.4) is 0 Å². The number of nitrogens with zero attached hydrogens (tertiary/aromatic N) is 1. The Kier molecular flexibility index (Phi) is 5.23. The number of anilines is 1. The smallest absolute Gasteiger partial charge is 0.256 e. The van der Waals surface area contributed by atoms with Crippen molar-refractivity contribution in [2.24, 2.45) is 5.92 Å². The molecular formula is C17H26N2O2. The minimum absolute atomic E-state index is 0.0250. The Morgan fingerprint density at radius 3 is 2.90 bits per heavy atom. The summed E-state index contributed by atoms with van der Waals surface area (Å²) in [6.07, 6.45) is 1.97. The maximum Gasteiger partial charge on any atom is 0.256 e. The molecule has 116 valence electrons. The molecule has 1 aromatic rings. The third-order valence-electron chi connectivity index (χ3n) is 4.30. The first-order valence-electron chi connectivity index (χ1n) is 7.84. The Balaban J connectivity index is 2.26. The molecule has 1 amide bonds. The molecule has 0 aromatic heterocycles. The average molecular weight is 290 g/mol. The van der Waals surface area contributed by atoms with E-state index in [0.717, 1.165) is 37.2 Å². The molecule has 1 aromatic carbocycles. The van der Waals surface area contributed by atoms with E-state index in [9.17, 15) is 9.90 Å². The third-order valence-corrected chi connectivity index (χ3v) is 4.30. The minimum Gasteiger partial charge on any atom is -0.394 e. The van der Waals surface area contributed by atoms with Crippen LogP contribution < -0.4 is 5.32 Å². The molecule has 2 N–H and O–H groups in total. The summed E-state index contributed by atoms with van der Waals surface area (Å²) in [5.41, 5.74) is 2.75. The molecule has 0 saturated carbocycles. The first-order valence-corrected chi connectivity index (χ1v) is 7.84. The summed E-state index contributed by atoms with van der Waals surface area (Å²) in [6.45, 7) is 7.85. The van der Waals surface area contributed by atoms with E-state index >= 15 is 0 Å². The monoisotopic (exact) mass is 290 g/mol. The van der Waals surface area contributed by atoms with E-state index < -0.39 is 0 Å². The number of likely N-dealkylation sites (tertiary alicyclic amines) is 1. The second-order valence-electron chi connectivity index (χ2n) is 5.99. The van der Waals surface area contributed by atoms with Gasteiger partial charge in [-0.25, -0.2) is 0 Å². The van der Waals surface area contributed by atoms with Crippen LogP contribution in [0.4, 0.5) is 5.69 Å². The highest BCUT2D eigenvalue weighted by Crippen LogP contribution is 2.28. The molecule has 4 heteroatoms. The summed E-state index contributed by atoms with van der Waals surface area (Å²) < 4.78 is 0. The van der Waals surface area contributed by atoms with Gasteiger partial charge in [0.05, 0.1) is 18.2 Å². The van der Waals surface area contributed by atoms with Crippen LogP contribution in [-0.4, -0.2) is 41.7 Å². The summed E-state index contributed by atoms with van der Waals surface area (Å²) >= 11 is 0. The molecule has 0 aliphatic carbocycles. The molecule has 1 aliphatic heterocycles. The van der Waals surface area contributed by atoms with Crippen molar-refractivity contribution in [1.82, 2.24) is 4.90 Å². The van der Waals surface area contributed by atoms with E-state index in [1.54, 1.807) is 0 Å². The number of nitrogens with one attached hydrogen (secondary N) is 1. The van der Waals surface area contributed by atoms with Gasteiger partial charge in [-0.05, 0) is 43.4 Å². The SMILES string of the molecule is CCCNc1cc(C)ccc1C(=O)N1CCC(C)C1CO. The van der Waals surface area contributed by atoms with Crippen molar-refractivity contribution < 1.29 is 9.90 Å². The summed E-state index contributed by atoms with van der Waals surface area (Å²) in [4.78, 5) is 14.7. The largest absolute Gasteiger partial charge is 0.394 e. The Morgan fingerprint density at radius 2 is 2.24 bits per heavy atom. The molecule has 2 atom stereocenters. The van der Waals surface area contributed by atoms with E-state index in [0.29, 0.717) is 11.5 Å². The highest BCUT2D eigenvalue weighted by Gasteiger charge is 2.34. The molecule has 4 nitrogen and oxygen atoms in total. The maximum absolute atomic E-state index is 12.8. The molecular weight excluding hydrogens is 264 g/mol. The van der Waals surface area contributed by atoms with Crippen LogP contribution >= 0.6 is 0 Å². The normalized spacial score (nSPS) is 21.6. The number of hydrogen-bond acceptors (Lipinski definition) is 3. The molecule has 0 bridgehead atoms. The van der Waals surface area contributed by atoms with E-state index in [1.165, 1.54) is 0 Å². The van der Waals surface area contributed by atoms with Gasteiger partial charge >= 0.3 is 0 Å². The van der Waals surface area contributed by atoms with E-state index in [-0.39, 0.29) is 18.6 Å². The van der Waals surface area contributed by atoms with Gasteiger partial charge in [-0.3, -0.25) is 4.79 Å². The lowest BCUT2D eigenvalue weighted by Gasteiger charge is -2.26. The zero-order valence-corrected chi connectivity index (χ0v) is 13.2. The summed E-state index contributed by atoms with van der Waals surface area (Å²) in [5, 5.41) is 12.9. The molecule has 1 fully saturated rings. The molecule has 0 radical (unpaired) electrons. The first-order chi connectivity index (χ1) is 10.1. The van der Waals surface area contributed by atoms with Gasteiger partial charge in [-0.2, -0.15) is 0 Å². The van der Waals surface area contributed by atoms with Crippen molar-refractivity contribution in [3.05, 3.63) is 29.3 Å². The maximum atomic E-state index is 12.8. The molecule has 1 aliphatic rings.